The predicted octanol–water partition coefficient (Wildman–Crippen LogP) is 4.67. The van der Waals surface area contributed by atoms with Crippen molar-refractivity contribution in [3.63, 3.8) is 0 Å². The number of nitrogens with one attached hydrogen (secondary N) is 1. The second kappa shape index (κ2) is 7.94. The van der Waals surface area contributed by atoms with Crippen molar-refractivity contribution >= 4 is 11.6 Å². The van der Waals surface area contributed by atoms with Crippen molar-refractivity contribution in [3.05, 3.63) is 65.6 Å². The van der Waals surface area contributed by atoms with Crippen LogP contribution in [0.5, 0.6) is 5.75 Å². The molecule has 9 heteroatoms. The van der Waals surface area contributed by atoms with Crippen LogP contribution in [0.2, 0.25) is 0 Å². The fourth-order valence-electron chi connectivity index (χ4n) is 2.82. The van der Waals surface area contributed by atoms with E-state index in [1.54, 1.807) is 31.4 Å². The number of hydrogen-bond donors (Lipinski definition) is 1. The Bertz CT molecular complexity index is 994. The first-order chi connectivity index (χ1) is 13.7. The molecular weight excluding hydrogens is 385 g/mol. The molecule has 3 rings (SSSR count). The number of carbonyl (C=O) groups is 1. The van der Waals surface area contributed by atoms with Crippen LogP contribution in [0.1, 0.15) is 41.4 Å². The fourth-order valence-corrected chi connectivity index (χ4v) is 2.82. The summed E-state index contributed by atoms with van der Waals surface area (Å²) >= 11 is 0. The lowest BCUT2D eigenvalue weighted by atomic mass is 10.1. The van der Waals surface area contributed by atoms with Gasteiger partial charge in [0.05, 0.1) is 30.1 Å². The van der Waals surface area contributed by atoms with E-state index in [4.69, 9.17) is 4.74 Å². The number of rotatable bonds is 5. The minimum atomic E-state index is -4.47. The molecule has 2 aromatic heterocycles. The van der Waals surface area contributed by atoms with E-state index in [1.807, 2.05) is 13.8 Å². The van der Waals surface area contributed by atoms with E-state index in [9.17, 15) is 18.0 Å². The van der Waals surface area contributed by atoms with Crippen LogP contribution in [0.15, 0.2) is 48.8 Å². The molecule has 152 valence electrons. The number of methoxy groups -OCH3 is 1. The van der Waals surface area contributed by atoms with Crippen LogP contribution in [-0.4, -0.2) is 27.8 Å². The minimum Gasteiger partial charge on any atom is -0.497 e. The first kappa shape index (κ1) is 20.4. The number of pyridine rings is 1. The van der Waals surface area contributed by atoms with Crippen molar-refractivity contribution in [2.75, 3.05) is 12.4 Å². The van der Waals surface area contributed by atoms with Crippen molar-refractivity contribution in [1.82, 2.24) is 14.8 Å². The van der Waals surface area contributed by atoms with Crippen molar-refractivity contribution in [3.8, 4) is 11.6 Å². The number of aromatic nitrogens is 3. The smallest absolute Gasteiger partial charge is 0.417 e. The summed E-state index contributed by atoms with van der Waals surface area (Å²) in [4.78, 5) is 16.6. The third-order valence-corrected chi connectivity index (χ3v) is 4.24. The van der Waals surface area contributed by atoms with E-state index >= 15 is 0 Å². The van der Waals surface area contributed by atoms with Crippen LogP contribution >= 0.6 is 0 Å². The Kier molecular flexibility index (Phi) is 5.58. The minimum absolute atomic E-state index is 0.127. The van der Waals surface area contributed by atoms with E-state index in [1.165, 1.54) is 16.9 Å². The van der Waals surface area contributed by atoms with Gasteiger partial charge in [0, 0.05) is 11.9 Å². The summed E-state index contributed by atoms with van der Waals surface area (Å²) in [6, 6.07) is 9.00. The quantitative estimate of drug-likeness (QED) is 0.671. The number of ether oxygens (including phenoxy) is 1. The highest BCUT2D eigenvalue weighted by Crippen LogP contribution is 2.29. The van der Waals surface area contributed by atoms with Gasteiger partial charge in [0.1, 0.15) is 5.75 Å². The molecule has 0 fully saturated rings. The lowest BCUT2D eigenvalue weighted by molar-refractivity contribution is -0.137. The second-order valence-electron chi connectivity index (χ2n) is 6.60. The zero-order chi connectivity index (χ0) is 21.2. The maximum Gasteiger partial charge on any atom is 0.417 e. The van der Waals surface area contributed by atoms with Gasteiger partial charge in [-0.2, -0.15) is 18.3 Å². The monoisotopic (exact) mass is 404 g/mol. The van der Waals surface area contributed by atoms with Gasteiger partial charge in [0.15, 0.2) is 5.82 Å². The number of carbonyl (C=O) groups excluding carboxylic acids is 1. The van der Waals surface area contributed by atoms with Crippen molar-refractivity contribution in [2.45, 2.75) is 25.9 Å². The van der Waals surface area contributed by atoms with E-state index in [-0.39, 0.29) is 17.6 Å². The zero-order valence-corrected chi connectivity index (χ0v) is 16.0. The SMILES string of the molecule is COc1ccc(NC(=O)c2cnn(-c3ccc(C(F)(F)F)cn3)c2C(C)C)cc1. The maximum absolute atomic E-state index is 12.8. The average molecular weight is 404 g/mol. The van der Waals surface area contributed by atoms with Gasteiger partial charge in [-0.1, -0.05) is 13.8 Å². The third kappa shape index (κ3) is 4.39. The molecule has 29 heavy (non-hydrogen) atoms. The molecule has 0 saturated carbocycles. The molecule has 0 atom stereocenters. The lowest BCUT2D eigenvalue weighted by Crippen LogP contribution is -2.16. The molecule has 3 aromatic rings. The topological polar surface area (TPSA) is 69.0 Å². The Hall–Kier alpha value is -3.36. The number of anilines is 1. The molecule has 1 aromatic carbocycles. The molecular formula is C20H19F3N4O2. The third-order valence-electron chi connectivity index (χ3n) is 4.24. The van der Waals surface area contributed by atoms with Crippen molar-refractivity contribution in [1.29, 1.82) is 0 Å². The van der Waals surface area contributed by atoms with Crippen molar-refractivity contribution in [2.24, 2.45) is 0 Å². The number of alkyl halides is 3. The highest BCUT2D eigenvalue weighted by molar-refractivity contribution is 6.05. The second-order valence-corrected chi connectivity index (χ2v) is 6.60. The van der Waals surface area contributed by atoms with E-state index in [2.05, 4.69) is 15.4 Å². The van der Waals surface area contributed by atoms with Crippen LogP contribution in [0, 0.1) is 0 Å². The van der Waals surface area contributed by atoms with E-state index in [0.717, 1.165) is 12.3 Å². The summed E-state index contributed by atoms with van der Waals surface area (Å²) in [7, 11) is 1.55. The Labute approximate surface area is 165 Å². The molecule has 6 nitrogen and oxygen atoms in total. The largest absolute Gasteiger partial charge is 0.497 e. The summed E-state index contributed by atoms with van der Waals surface area (Å²) in [5.41, 5.74) is 0.587. The summed E-state index contributed by atoms with van der Waals surface area (Å²) in [6.45, 7) is 3.73. The highest BCUT2D eigenvalue weighted by Gasteiger charge is 2.31. The highest BCUT2D eigenvalue weighted by atomic mass is 19.4. The van der Waals surface area contributed by atoms with Gasteiger partial charge in [-0.15, -0.1) is 0 Å². The fraction of sp³-hybridized carbons (Fsp3) is 0.250. The van der Waals surface area contributed by atoms with Crippen LogP contribution < -0.4 is 10.1 Å². The van der Waals surface area contributed by atoms with Gasteiger partial charge in [-0.3, -0.25) is 4.79 Å². The number of amides is 1. The number of benzene rings is 1. The molecule has 1 N–H and O–H groups in total. The van der Waals surface area contributed by atoms with Gasteiger partial charge in [-0.05, 0) is 42.3 Å². The molecule has 0 saturated heterocycles. The molecule has 0 bridgehead atoms. The molecule has 0 spiro atoms. The maximum atomic E-state index is 12.8. The lowest BCUT2D eigenvalue weighted by Gasteiger charge is -2.13. The van der Waals surface area contributed by atoms with Gasteiger partial charge in [0.2, 0.25) is 0 Å². The molecule has 0 unspecified atom stereocenters. The van der Waals surface area contributed by atoms with Gasteiger partial charge >= 0.3 is 6.18 Å². The predicted molar refractivity (Wildman–Crippen MR) is 101 cm³/mol. The van der Waals surface area contributed by atoms with Crippen LogP contribution in [0.3, 0.4) is 0 Å². The normalized spacial score (nSPS) is 11.6. The number of halogens is 3. The van der Waals surface area contributed by atoms with Gasteiger partial charge < -0.3 is 10.1 Å². The summed E-state index contributed by atoms with van der Waals surface area (Å²) in [5, 5.41) is 6.96. The van der Waals surface area contributed by atoms with E-state index in [0.29, 0.717) is 22.7 Å². The number of nitrogens with zero attached hydrogens (tertiary/aromatic N) is 3. The van der Waals surface area contributed by atoms with Crippen LogP contribution in [0.4, 0.5) is 18.9 Å². The van der Waals surface area contributed by atoms with Gasteiger partial charge in [-0.25, -0.2) is 9.67 Å². The first-order valence-electron chi connectivity index (χ1n) is 8.77. The molecule has 0 aliphatic heterocycles. The Morgan fingerprint density at radius 1 is 1.10 bits per heavy atom. The molecule has 2 heterocycles. The Balaban J connectivity index is 1.91. The number of hydrogen-bond acceptors (Lipinski definition) is 4. The standard InChI is InChI=1S/C20H19F3N4O2/c1-12(2)18-16(19(28)26-14-5-7-15(29-3)8-6-14)11-25-27(18)17-9-4-13(10-24-17)20(21,22)23/h4-12H,1-3H3,(H,26,28). The molecule has 1 amide bonds. The van der Waals surface area contributed by atoms with Crippen LogP contribution in [-0.2, 0) is 6.18 Å². The summed E-state index contributed by atoms with van der Waals surface area (Å²) in [6.07, 6.45) is -2.34. The van der Waals surface area contributed by atoms with Crippen molar-refractivity contribution < 1.29 is 22.7 Å². The summed E-state index contributed by atoms with van der Waals surface area (Å²) < 4.78 is 44.8. The average Bonchev–Trinajstić information content (AvgIpc) is 3.13. The Morgan fingerprint density at radius 2 is 1.79 bits per heavy atom. The summed E-state index contributed by atoms with van der Waals surface area (Å²) in [5.74, 6) is 0.354. The molecule has 0 aliphatic rings. The van der Waals surface area contributed by atoms with Crippen LogP contribution in [0.25, 0.3) is 5.82 Å². The zero-order valence-electron chi connectivity index (χ0n) is 16.0. The van der Waals surface area contributed by atoms with E-state index < -0.39 is 11.7 Å². The first-order valence-corrected chi connectivity index (χ1v) is 8.77. The molecule has 0 radical (unpaired) electrons. The Morgan fingerprint density at radius 3 is 2.31 bits per heavy atom. The van der Waals surface area contributed by atoms with Gasteiger partial charge in [0.25, 0.3) is 5.91 Å². The molecule has 0 aliphatic carbocycles.